The summed E-state index contributed by atoms with van der Waals surface area (Å²) in [5.74, 6) is 0.651. The average molecular weight is 288 g/mol. The van der Waals surface area contributed by atoms with Crippen molar-refractivity contribution in [2.24, 2.45) is 5.92 Å². The monoisotopic (exact) mass is 288 g/mol. The molecule has 1 N–H and O–H groups in total. The largest absolute Gasteiger partial charge is 0.338 e. The number of nitrogens with zero attached hydrogens (tertiary/aromatic N) is 1. The second-order valence-electron chi connectivity index (χ2n) is 4.99. The molecule has 0 aromatic heterocycles. The van der Waals surface area contributed by atoms with Crippen LogP contribution in [0.4, 0.5) is 4.79 Å². The molecule has 0 saturated heterocycles. The highest BCUT2D eigenvalue weighted by molar-refractivity contribution is 7.91. The van der Waals surface area contributed by atoms with Crippen molar-refractivity contribution in [1.29, 1.82) is 0 Å². The van der Waals surface area contributed by atoms with Gasteiger partial charge in [0.05, 0.1) is 5.75 Å². The van der Waals surface area contributed by atoms with Crippen LogP contribution in [0.15, 0.2) is 12.2 Å². The van der Waals surface area contributed by atoms with Gasteiger partial charge in [0.1, 0.15) is 0 Å². The van der Waals surface area contributed by atoms with E-state index in [9.17, 15) is 13.2 Å². The van der Waals surface area contributed by atoms with Gasteiger partial charge in [-0.05, 0) is 25.2 Å². The van der Waals surface area contributed by atoms with Gasteiger partial charge in [-0.2, -0.15) is 0 Å². The van der Waals surface area contributed by atoms with E-state index in [2.05, 4.69) is 17.5 Å². The molecule has 0 bridgehead atoms. The van der Waals surface area contributed by atoms with E-state index < -0.39 is 9.84 Å². The maximum absolute atomic E-state index is 11.8. The normalized spacial score (nSPS) is 19.2. The van der Waals surface area contributed by atoms with E-state index in [1.807, 2.05) is 0 Å². The summed E-state index contributed by atoms with van der Waals surface area (Å²) in [6.45, 7) is 2.52. The molecule has 1 aliphatic carbocycles. The Morgan fingerprint density at radius 1 is 1.42 bits per heavy atom. The third-order valence-corrected chi connectivity index (χ3v) is 5.13. The zero-order valence-electron chi connectivity index (χ0n) is 11.8. The van der Waals surface area contributed by atoms with Crippen LogP contribution < -0.4 is 5.32 Å². The van der Waals surface area contributed by atoms with E-state index in [4.69, 9.17) is 0 Å². The smallest absolute Gasteiger partial charge is 0.317 e. The Morgan fingerprint density at radius 2 is 2.16 bits per heavy atom. The van der Waals surface area contributed by atoms with Crippen LogP contribution in [-0.2, 0) is 9.84 Å². The number of hydrogen-bond acceptors (Lipinski definition) is 3. The summed E-state index contributed by atoms with van der Waals surface area (Å²) in [5.41, 5.74) is 0. The molecule has 0 aromatic carbocycles. The van der Waals surface area contributed by atoms with Crippen molar-refractivity contribution in [3.63, 3.8) is 0 Å². The molecule has 2 amide bonds. The molecule has 0 heterocycles. The Bertz CT molecular complexity index is 418. The minimum atomic E-state index is -3.01. The summed E-state index contributed by atoms with van der Waals surface area (Å²) in [5, 5.41) is 2.86. The van der Waals surface area contributed by atoms with Crippen molar-refractivity contribution in [1.82, 2.24) is 10.2 Å². The number of allylic oxidation sites excluding steroid dienone is 2. The fraction of sp³-hybridized carbons (Fsp3) is 0.769. The highest BCUT2D eigenvalue weighted by atomic mass is 32.2. The van der Waals surface area contributed by atoms with Crippen LogP contribution in [0.25, 0.3) is 0 Å². The summed E-state index contributed by atoms with van der Waals surface area (Å²) in [7, 11) is -1.39. The quantitative estimate of drug-likeness (QED) is 0.752. The molecule has 0 radical (unpaired) electrons. The van der Waals surface area contributed by atoms with Crippen LogP contribution in [0.3, 0.4) is 0 Å². The number of rotatable bonds is 6. The van der Waals surface area contributed by atoms with E-state index in [0.29, 0.717) is 12.5 Å². The van der Waals surface area contributed by atoms with Gasteiger partial charge in [0.2, 0.25) is 0 Å². The van der Waals surface area contributed by atoms with E-state index in [0.717, 1.165) is 19.3 Å². The van der Waals surface area contributed by atoms with Gasteiger partial charge >= 0.3 is 6.03 Å². The first-order valence-corrected chi connectivity index (χ1v) is 8.61. The SMILES string of the molecule is CCS(=O)(=O)CCN(C)C(=O)NC[C@@H]1CC=CCC1. The molecule has 1 rings (SSSR count). The zero-order chi connectivity index (χ0) is 14.3. The number of urea groups is 1. The van der Waals surface area contributed by atoms with Crippen molar-refractivity contribution in [3.05, 3.63) is 12.2 Å². The molecule has 1 aliphatic rings. The maximum Gasteiger partial charge on any atom is 0.317 e. The lowest BCUT2D eigenvalue weighted by atomic mass is 9.94. The lowest BCUT2D eigenvalue weighted by molar-refractivity contribution is 0.209. The van der Waals surface area contributed by atoms with Gasteiger partial charge in [-0.15, -0.1) is 0 Å². The minimum absolute atomic E-state index is 0.0274. The number of carbonyl (C=O) groups is 1. The molecule has 1 atom stereocenters. The number of carbonyl (C=O) groups excluding carboxylic acids is 1. The van der Waals surface area contributed by atoms with Crippen molar-refractivity contribution in [2.45, 2.75) is 26.2 Å². The molecule has 0 fully saturated rings. The molecular weight excluding hydrogens is 264 g/mol. The minimum Gasteiger partial charge on any atom is -0.338 e. The van der Waals surface area contributed by atoms with Crippen molar-refractivity contribution in [2.75, 3.05) is 31.6 Å². The molecule has 0 aromatic rings. The Kier molecular flexibility index (Phi) is 6.34. The molecule has 5 nitrogen and oxygen atoms in total. The molecular formula is C13H24N2O3S. The molecule has 0 spiro atoms. The number of amides is 2. The van der Waals surface area contributed by atoms with Crippen molar-refractivity contribution < 1.29 is 13.2 Å². The van der Waals surface area contributed by atoms with Crippen LogP contribution in [0, 0.1) is 5.92 Å². The third kappa shape index (κ3) is 6.09. The van der Waals surface area contributed by atoms with Crippen LogP contribution in [0.1, 0.15) is 26.2 Å². The zero-order valence-corrected chi connectivity index (χ0v) is 12.6. The lowest BCUT2D eigenvalue weighted by Crippen LogP contribution is -2.41. The predicted octanol–water partition coefficient (Wildman–Crippen LogP) is 1.42. The Balaban J connectivity index is 2.26. The van der Waals surface area contributed by atoms with Crippen LogP contribution in [0.2, 0.25) is 0 Å². The van der Waals surface area contributed by atoms with Crippen molar-refractivity contribution in [3.8, 4) is 0 Å². The molecule has 110 valence electrons. The lowest BCUT2D eigenvalue weighted by Gasteiger charge is -2.22. The highest BCUT2D eigenvalue weighted by Gasteiger charge is 2.15. The summed E-state index contributed by atoms with van der Waals surface area (Å²) in [6, 6.07) is -0.194. The third-order valence-electron chi connectivity index (χ3n) is 3.44. The standard InChI is InChI=1S/C13H24N2O3S/c1-3-19(17,18)10-9-15(2)13(16)14-11-12-7-5-4-6-8-12/h4-5,12H,3,6-11H2,1-2H3,(H,14,16)/t12-/m1/s1. The molecule has 0 aliphatic heterocycles. The summed E-state index contributed by atoms with van der Waals surface area (Å²) < 4.78 is 22.7. The fourth-order valence-corrected chi connectivity index (χ4v) is 2.77. The number of nitrogens with one attached hydrogen (secondary N) is 1. The molecule has 0 unspecified atom stereocenters. The Morgan fingerprint density at radius 3 is 2.74 bits per heavy atom. The van der Waals surface area contributed by atoms with Gasteiger partial charge in [-0.25, -0.2) is 13.2 Å². The van der Waals surface area contributed by atoms with Gasteiger partial charge in [0.25, 0.3) is 0 Å². The Hall–Kier alpha value is -1.04. The topological polar surface area (TPSA) is 66.5 Å². The van der Waals surface area contributed by atoms with Gasteiger partial charge in [0, 0.05) is 25.9 Å². The number of sulfone groups is 1. The van der Waals surface area contributed by atoms with E-state index in [1.54, 1.807) is 14.0 Å². The van der Waals surface area contributed by atoms with Gasteiger partial charge in [0.15, 0.2) is 9.84 Å². The van der Waals surface area contributed by atoms with Crippen LogP contribution in [-0.4, -0.2) is 51.0 Å². The number of hydrogen-bond donors (Lipinski definition) is 1. The van der Waals surface area contributed by atoms with E-state index >= 15 is 0 Å². The fourth-order valence-electron chi connectivity index (χ4n) is 1.93. The highest BCUT2D eigenvalue weighted by Crippen LogP contribution is 2.16. The molecule has 0 saturated carbocycles. The summed E-state index contributed by atoms with van der Waals surface area (Å²) in [6.07, 6.45) is 7.50. The second kappa shape index (κ2) is 7.53. The predicted molar refractivity (Wildman–Crippen MR) is 76.8 cm³/mol. The van der Waals surface area contributed by atoms with Crippen molar-refractivity contribution >= 4 is 15.9 Å². The molecule has 19 heavy (non-hydrogen) atoms. The van der Waals surface area contributed by atoms with Gasteiger partial charge < -0.3 is 10.2 Å². The summed E-state index contributed by atoms with van der Waals surface area (Å²) in [4.78, 5) is 13.2. The first kappa shape index (κ1) is 16.0. The second-order valence-corrected chi connectivity index (χ2v) is 7.47. The van der Waals surface area contributed by atoms with E-state index in [-0.39, 0.29) is 24.1 Å². The van der Waals surface area contributed by atoms with Gasteiger partial charge in [-0.1, -0.05) is 19.1 Å². The Labute approximate surface area is 116 Å². The van der Waals surface area contributed by atoms with Crippen LogP contribution in [0.5, 0.6) is 0 Å². The van der Waals surface area contributed by atoms with Gasteiger partial charge in [-0.3, -0.25) is 0 Å². The first-order valence-electron chi connectivity index (χ1n) is 6.79. The maximum atomic E-state index is 11.8. The average Bonchev–Trinajstić information content (AvgIpc) is 2.43. The van der Waals surface area contributed by atoms with E-state index in [1.165, 1.54) is 4.90 Å². The summed E-state index contributed by atoms with van der Waals surface area (Å²) >= 11 is 0. The van der Waals surface area contributed by atoms with Crippen LogP contribution >= 0.6 is 0 Å². The molecule has 6 heteroatoms. The first-order chi connectivity index (χ1) is 8.94.